The molecule has 0 spiro atoms. The number of aromatic nitrogens is 3. The molecule has 3 heterocycles. The molecule has 1 aromatic carbocycles. The molecule has 8 heteroatoms. The molecule has 0 saturated carbocycles. The van der Waals surface area contributed by atoms with Crippen molar-refractivity contribution < 1.29 is 9.94 Å². The second-order valence-corrected chi connectivity index (χ2v) is 6.14. The van der Waals surface area contributed by atoms with Gasteiger partial charge < -0.3 is 15.3 Å². The zero-order chi connectivity index (χ0) is 17.9. The monoisotopic (exact) mass is 353 g/mol. The van der Waals surface area contributed by atoms with Crippen molar-refractivity contribution in [3.05, 3.63) is 58.6 Å². The zero-order valence-corrected chi connectivity index (χ0v) is 14.1. The molecule has 1 aliphatic rings. The number of fused-ring (bicyclic) bond motifs is 1. The molecular weight excluding hydrogens is 334 g/mol. The van der Waals surface area contributed by atoms with E-state index in [0.29, 0.717) is 15.9 Å². The average molecular weight is 353 g/mol. The van der Waals surface area contributed by atoms with E-state index in [9.17, 15) is 10.0 Å². The van der Waals surface area contributed by atoms with Gasteiger partial charge in [0.05, 0.1) is 18.6 Å². The summed E-state index contributed by atoms with van der Waals surface area (Å²) in [5.41, 5.74) is 1.41. The Morgan fingerprint density at radius 3 is 2.69 bits per heavy atom. The number of anilines is 2. The number of rotatable bonds is 4. The lowest BCUT2D eigenvalue weighted by Gasteiger charge is -2.26. The zero-order valence-electron chi connectivity index (χ0n) is 14.1. The predicted octanol–water partition coefficient (Wildman–Crippen LogP) is 1.60. The molecule has 2 N–H and O–H groups in total. The van der Waals surface area contributed by atoms with Crippen LogP contribution in [-0.4, -0.2) is 51.1 Å². The van der Waals surface area contributed by atoms with E-state index in [0.717, 1.165) is 38.5 Å². The first-order valence-electron chi connectivity index (χ1n) is 8.44. The largest absolute Gasteiger partial charge is 0.422 e. The lowest BCUT2D eigenvalue weighted by Crippen LogP contribution is -2.35. The highest BCUT2D eigenvalue weighted by atomic mass is 16.5. The average Bonchev–Trinajstić information content (AvgIpc) is 2.68. The first-order chi connectivity index (χ1) is 12.7. The number of ether oxygens (including phenoxy) is 1. The normalized spacial score (nSPS) is 15.2. The van der Waals surface area contributed by atoms with Gasteiger partial charge in [-0.05, 0) is 29.8 Å². The Morgan fingerprint density at radius 1 is 1.15 bits per heavy atom. The molecule has 134 valence electrons. The second-order valence-electron chi connectivity index (χ2n) is 6.14. The first-order valence-corrected chi connectivity index (χ1v) is 8.44. The molecule has 3 aromatic rings. The van der Waals surface area contributed by atoms with E-state index in [1.807, 2.05) is 24.3 Å². The molecule has 0 amide bonds. The summed E-state index contributed by atoms with van der Waals surface area (Å²) in [4.78, 5) is 22.1. The van der Waals surface area contributed by atoms with Gasteiger partial charge in [0.15, 0.2) is 5.65 Å². The number of nitrogens with one attached hydrogen (secondary N) is 1. The minimum absolute atomic E-state index is 0.166. The maximum Gasteiger partial charge on any atom is 0.384 e. The number of pyridine rings is 1. The SMILES string of the molecule is O=c1nc(Nc2ccc(CN3CCOCC3)cc2)c2cccnc2n1O. The van der Waals surface area contributed by atoms with Crippen LogP contribution in [0.3, 0.4) is 0 Å². The maximum absolute atomic E-state index is 11.8. The molecule has 0 atom stereocenters. The van der Waals surface area contributed by atoms with E-state index in [2.05, 4.69) is 20.2 Å². The van der Waals surface area contributed by atoms with Crippen LogP contribution in [0.5, 0.6) is 0 Å². The Labute approximate surface area is 149 Å². The highest BCUT2D eigenvalue weighted by Gasteiger charge is 2.12. The molecule has 26 heavy (non-hydrogen) atoms. The predicted molar refractivity (Wildman–Crippen MR) is 96.8 cm³/mol. The van der Waals surface area contributed by atoms with Crippen LogP contribution in [0.25, 0.3) is 11.0 Å². The summed E-state index contributed by atoms with van der Waals surface area (Å²) in [5, 5.41) is 13.5. The van der Waals surface area contributed by atoms with Crippen LogP contribution < -0.4 is 11.0 Å². The van der Waals surface area contributed by atoms with Crippen LogP contribution in [0, 0.1) is 0 Å². The summed E-state index contributed by atoms with van der Waals surface area (Å²) in [6.45, 7) is 4.33. The Kier molecular flexibility index (Phi) is 4.51. The van der Waals surface area contributed by atoms with E-state index in [4.69, 9.17) is 4.74 Å². The molecule has 2 aromatic heterocycles. The lowest BCUT2D eigenvalue weighted by atomic mass is 10.2. The van der Waals surface area contributed by atoms with Gasteiger partial charge >= 0.3 is 5.69 Å². The van der Waals surface area contributed by atoms with Crippen LogP contribution in [0.15, 0.2) is 47.4 Å². The smallest absolute Gasteiger partial charge is 0.384 e. The van der Waals surface area contributed by atoms with Gasteiger partial charge in [0.1, 0.15) is 5.82 Å². The summed E-state index contributed by atoms with van der Waals surface area (Å²) < 4.78 is 5.82. The molecule has 8 nitrogen and oxygen atoms in total. The molecular formula is C18H19N5O3. The molecule has 1 aliphatic heterocycles. The fraction of sp³-hybridized carbons (Fsp3) is 0.278. The number of hydrogen-bond donors (Lipinski definition) is 2. The van der Waals surface area contributed by atoms with Crippen LogP contribution in [0.1, 0.15) is 5.56 Å². The van der Waals surface area contributed by atoms with E-state index in [1.165, 1.54) is 11.8 Å². The van der Waals surface area contributed by atoms with Gasteiger partial charge in [-0.3, -0.25) is 4.90 Å². The second kappa shape index (κ2) is 7.11. The van der Waals surface area contributed by atoms with Crippen molar-refractivity contribution >= 4 is 22.5 Å². The van der Waals surface area contributed by atoms with Gasteiger partial charge in [-0.1, -0.05) is 12.1 Å². The van der Waals surface area contributed by atoms with E-state index < -0.39 is 5.69 Å². The number of morpholine rings is 1. The van der Waals surface area contributed by atoms with Crippen LogP contribution >= 0.6 is 0 Å². The van der Waals surface area contributed by atoms with Gasteiger partial charge in [-0.2, -0.15) is 4.98 Å². The molecule has 0 aliphatic carbocycles. The van der Waals surface area contributed by atoms with Crippen molar-refractivity contribution in [3.63, 3.8) is 0 Å². The number of nitrogens with zero attached hydrogens (tertiary/aromatic N) is 4. The van der Waals surface area contributed by atoms with Crippen molar-refractivity contribution in [2.45, 2.75) is 6.54 Å². The third kappa shape index (κ3) is 3.37. The summed E-state index contributed by atoms with van der Waals surface area (Å²) >= 11 is 0. The number of benzene rings is 1. The van der Waals surface area contributed by atoms with E-state index >= 15 is 0 Å². The van der Waals surface area contributed by atoms with Gasteiger partial charge in [-0.15, -0.1) is 4.73 Å². The quantitative estimate of drug-likeness (QED) is 0.688. The van der Waals surface area contributed by atoms with Gasteiger partial charge in [0.2, 0.25) is 0 Å². The van der Waals surface area contributed by atoms with Crippen LogP contribution in [0.4, 0.5) is 11.5 Å². The third-order valence-electron chi connectivity index (χ3n) is 4.36. The van der Waals surface area contributed by atoms with Crippen molar-refractivity contribution in [2.75, 3.05) is 31.6 Å². The molecule has 1 saturated heterocycles. The molecule has 1 fully saturated rings. The third-order valence-corrected chi connectivity index (χ3v) is 4.36. The fourth-order valence-corrected chi connectivity index (χ4v) is 2.99. The summed E-state index contributed by atoms with van der Waals surface area (Å²) in [6, 6.07) is 11.5. The fourth-order valence-electron chi connectivity index (χ4n) is 2.99. The van der Waals surface area contributed by atoms with Gasteiger partial charge in [-0.25, -0.2) is 9.78 Å². The van der Waals surface area contributed by atoms with Crippen molar-refractivity contribution in [2.24, 2.45) is 0 Å². The summed E-state index contributed by atoms with van der Waals surface area (Å²) in [5.74, 6) is 0.365. The molecule has 0 bridgehead atoms. The van der Waals surface area contributed by atoms with Crippen molar-refractivity contribution in [1.29, 1.82) is 0 Å². The molecule has 0 unspecified atom stereocenters. The van der Waals surface area contributed by atoms with Crippen molar-refractivity contribution in [3.8, 4) is 0 Å². The standard InChI is InChI=1S/C18H19N5O3/c24-18-21-16(15-2-1-7-19-17(15)23(18)25)20-14-5-3-13(4-6-14)12-22-8-10-26-11-9-22/h1-7,25H,8-12H2,(H,20,21,24). The Morgan fingerprint density at radius 2 is 1.92 bits per heavy atom. The minimum atomic E-state index is -0.775. The number of hydrogen-bond acceptors (Lipinski definition) is 7. The molecule has 0 radical (unpaired) electrons. The minimum Gasteiger partial charge on any atom is -0.422 e. The van der Waals surface area contributed by atoms with Crippen LogP contribution in [0.2, 0.25) is 0 Å². The molecule has 4 rings (SSSR count). The topological polar surface area (TPSA) is 92.5 Å². The van der Waals surface area contributed by atoms with E-state index in [-0.39, 0.29) is 5.65 Å². The Hall–Kier alpha value is -2.97. The van der Waals surface area contributed by atoms with Crippen LogP contribution in [-0.2, 0) is 11.3 Å². The van der Waals surface area contributed by atoms with Gasteiger partial charge in [0.25, 0.3) is 0 Å². The Bertz CT molecular complexity index is 965. The Balaban J connectivity index is 1.55. The van der Waals surface area contributed by atoms with E-state index in [1.54, 1.807) is 12.1 Å². The highest BCUT2D eigenvalue weighted by Crippen LogP contribution is 2.22. The highest BCUT2D eigenvalue weighted by molar-refractivity contribution is 5.88. The lowest BCUT2D eigenvalue weighted by molar-refractivity contribution is 0.0342. The van der Waals surface area contributed by atoms with Gasteiger partial charge in [0, 0.05) is 31.5 Å². The van der Waals surface area contributed by atoms with Crippen molar-refractivity contribution in [1.82, 2.24) is 19.6 Å². The summed E-state index contributed by atoms with van der Waals surface area (Å²) in [6.07, 6.45) is 1.51. The first kappa shape index (κ1) is 16.5. The summed E-state index contributed by atoms with van der Waals surface area (Å²) in [7, 11) is 0. The maximum atomic E-state index is 11.8.